The molecular weight excluding hydrogens is 290 g/mol. The first kappa shape index (κ1) is 16.0. The second kappa shape index (κ2) is 6.71. The fourth-order valence-corrected chi connectivity index (χ4v) is 3.67. The van der Waals surface area contributed by atoms with Crippen LogP contribution in [0.3, 0.4) is 0 Å². The number of fused-ring (bicyclic) bond motifs is 1. The Balaban J connectivity index is 1.67. The van der Waals surface area contributed by atoms with Crippen molar-refractivity contribution in [1.29, 1.82) is 0 Å². The summed E-state index contributed by atoms with van der Waals surface area (Å²) in [7, 11) is 0. The van der Waals surface area contributed by atoms with Crippen LogP contribution in [-0.4, -0.2) is 53.3 Å². The van der Waals surface area contributed by atoms with Crippen LogP contribution in [0.25, 0.3) is 0 Å². The first-order valence-corrected chi connectivity index (χ1v) is 8.51. The molecule has 2 amide bonds. The zero-order chi connectivity index (χ0) is 16.4. The molecule has 2 aliphatic heterocycles. The maximum atomic E-state index is 12.7. The summed E-state index contributed by atoms with van der Waals surface area (Å²) in [5, 5.41) is 2.98. The fraction of sp³-hybridized carbons (Fsp3) is 0.556. The Morgan fingerprint density at radius 1 is 1.22 bits per heavy atom. The molecule has 2 atom stereocenters. The topological polar surface area (TPSA) is 52.6 Å². The predicted molar refractivity (Wildman–Crippen MR) is 90.8 cm³/mol. The van der Waals surface area contributed by atoms with Crippen molar-refractivity contribution in [2.24, 2.45) is 0 Å². The number of amides is 2. The van der Waals surface area contributed by atoms with E-state index in [1.54, 1.807) is 31.2 Å². The lowest BCUT2D eigenvalue weighted by Gasteiger charge is -2.43. The molecule has 2 fully saturated rings. The Morgan fingerprint density at radius 3 is 2.61 bits per heavy atom. The van der Waals surface area contributed by atoms with Gasteiger partial charge in [-0.25, -0.2) is 4.79 Å². The molecule has 1 N–H and O–H groups in total. The van der Waals surface area contributed by atoms with E-state index in [-0.39, 0.29) is 17.9 Å². The van der Waals surface area contributed by atoms with E-state index in [0.717, 1.165) is 25.2 Å². The molecule has 0 bridgehead atoms. The minimum atomic E-state index is -0.0287. The highest BCUT2D eigenvalue weighted by Crippen LogP contribution is 2.26. The van der Waals surface area contributed by atoms with Crippen molar-refractivity contribution in [3.8, 4) is 0 Å². The van der Waals surface area contributed by atoms with Crippen molar-refractivity contribution in [2.75, 3.05) is 25.0 Å². The van der Waals surface area contributed by atoms with Gasteiger partial charge in [-0.2, -0.15) is 0 Å². The van der Waals surface area contributed by atoms with Gasteiger partial charge in [0.25, 0.3) is 0 Å². The number of piperazine rings is 1. The minimum absolute atomic E-state index is 0.0287. The Hall–Kier alpha value is -1.88. The van der Waals surface area contributed by atoms with Crippen molar-refractivity contribution >= 4 is 17.5 Å². The average Bonchev–Trinajstić information content (AvgIpc) is 3.01. The summed E-state index contributed by atoms with van der Waals surface area (Å²) in [6, 6.07) is 7.86. The number of carbonyl (C=O) groups excluding carboxylic acids is 2. The SMILES string of the molecule is CC[C@H]1CN2CCC[C@H]2CN1C(=O)Nc1ccc(C(C)=O)cc1. The minimum Gasteiger partial charge on any atom is -0.319 e. The van der Waals surface area contributed by atoms with Crippen molar-refractivity contribution in [3.05, 3.63) is 29.8 Å². The number of hydrogen-bond acceptors (Lipinski definition) is 3. The Bertz CT molecular complexity index is 584. The number of urea groups is 1. The van der Waals surface area contributed by atoms with E-state index in [2.05, 4.69) is 17.1 Å². The van der Waals surface area contributed by atoms with E-state index in [9.17, 15) is 9.59 Å². The lowest BCUT2D eigenvalue weighted by atomic mass is 10.1. The van der Waals surface area contributed by atoms with Crippen LogP contribution in [0.5, 0.6) is 0 Å². The molecule has 0 aromatic heterocycles. The van der Waals surface area contributed by atoms with Crippen LogP contribution in [0.4, 0.5) is 10.5 Å². The van der Waals surface area contributed by atoms with E-state index in [0.29, 0.717) is 11.6 Å². The molecule has 0 saturated carbocycles. The largest absolute Gasteiger partial charge is 0.322 e. The molecule has 2 saturated heterocycles. The summed E-state index contributed by atoms with van der Waals surface area (Å²) >= 11 is 0. The number of Topliss-reactive ketones (excluding diaryl/α,β-unsaturated/α-hetero) is 1. The van der Waals surface area contributed by atoms with Crippen LogP contribution in [0.1, 0.15) is 43.5 Å². The number of carbonyl (C=O) groups is 2. The second-order valence-electron chi connectivity index (χ2n) is 6.57. The Kier molecular flexibility index (Phi) is 4.66. The maximum absolute atomic E-state index is 12.7. The molecule has 0 aliphatic carbocycles. The number of nitrogens with one attached hydrogen (secondary N) is 1. The standard InChI is InChI=1S/C18H25N3O2/c1-3-16-11-20-10-4-5-17(20)12-21(16)18(23)19-15-8-6-14(7-9-15)13(2)22/h6-9,16-17H,3-5,10-12H2,1-2H3,(H,19,23)/t16-,17-/m0/s1. The first-order chi connectivity index (χ1) is 11.1. The molecule has 0 radical (unpaired) electrons. The van der Waals surface area contributed by atoms with Gasteiger partial charge < -0.3 is 10.2 Å². The smallest absolute Gasteiger partial charge is 0.319 e. The summed E-state index contributed by atoms with van der Waals surface area (Å²) in [6.45, 7) is 6.65. The quantitative estimate of drug-likeness (QED) is 0.873. The number of ketones is 1. The predicted octanol–water partition coefficient (Wildman–Crippen LogP) is 2.98. The van der Waals surface area contributed by atoms with Gasteiger partial charge in [0.2, 0.25) is 0 Å². The number of hydrogen-bond donors (Lipinski definition) is 1. The van der Waals surface area contributed by atoms with Gasteiger partial charge in [-0.05, 0) is 57.0 Å². The summed E-state index contributed by atoms with van der Waals surface area (Å²) in [5.74, 6) is 0.0336. The van der Waals surface area contributed by atoms with Crippen LogP contribution < -0.4 is 5.32 Å². The number of nitrogens with zero attached hydrogens (tertiary/aromatic N) is 2. The second-order valence-corrected chi connectivity index (χ2v) is 6.57. The third-order valence-corrected chi connectivity index (χ3v) is 5.07. The van der Waals surface area contributed by atoms with Crippen LogP contribution in [0.2, 0.25) is 0 Å². The average molecular weight is 315 g/mol. The molecular formula is C18H25N3O2. The van der Waals surface area contributed by atoms with Gasteiger partial charge in [-0.1, -0.05) is 6.92 Å². The van der Waals surface area contributed by atoms with E-state index >= 15 is 0 Å². The molecule has 0 spiro atoms. The number of rotatable bonds is 3. The van der Waals surface area contributed by atoms with Crippen LogP contribution in [0.15, 0.2) is 24.3 Å². The molecule has 124 valence electrons. The molecule has 2 heterocycles. The van der Waals surface area contributed by atoms with Gasteiger partial charge in [0.05, 0.1) is 0 Å². The van der Waals surface area contributed by atoms with E-state index in [4.69, 9.17) is 0 Å². The van der Waals surface area contributed by atoms with Gasteiger partial charge in [-0.3, -0.25) is 9.69 Å². The van der Waals surface area contributed by atoms with Gasteiger partial charge in [-0.15, -0.1) is 0 Å². The van der Waals surface area contributed by atoms with Gasteiger partial charge in [0, 0.05) is 36.4 Å². The highest BCUT2D eigenvalue weighted by Gasteiger charge is 2.37. The van der Waals surface area contributed by atoms with Crippen LogP contribution in [0, 0.1) is 0 Å². The van der Waals surface area contributed by atoms with E-state index in [1.807, 2.05) is 4.90 Å². The third kappa shape index (κ3) is 3.39. The van der Waals surface area contributed by atoms with Gasteiger partial charge >= 0.3 is 6.03 Å². The van der Waals surface area contributed by atoms with Gasteiger partial charge in [0.1, 0.15) is 0 Å². The highest BCUT2D eigenvalue weighted by molar-refractivity contribution is 5.95. The van der Waals surface area contributed by atoms with E-state index in [1.165, 1.54) is 19.4 Å². The molecule has 3 rings (SSSR count). The van der Waals surface area contributed by atoms with Crippen molar-refractivity contribution in [2.45, 2.75) is 45.2 Å². The molecule has 5 nitrogen and oxygen atoms in total. The molecule has 0 unspecified atom stereocenters. The third-order valence-electron chi connectivity index (χ3n) is 5.07. The Morgan fingerprint density at radius 2 is 1.96 bits per heavy atom. The summed E-state index contributed by atoms with van der Waals surface area (Å²) < 4.78 is 0. The van der Waals surface area contributed by atoms with Crippen molar-refractivity contribution in [3.63, 3.8) is 0 Å². The lowest BCUT2D eigenvalue weighted by molar-refractivity contribution is 0.0767. The van der Waals surface area contributed by atoms with Gasteiger partial charge in [0.15, 0.2) is 5.78 Å². The maximum Gasteiger partial charge on any atom is 0.322 e. The summed E-state index contributed by atoms with van der Waals surface area (Å²) in [4.78, 5) is 28.5. The lowest BCUT2D eigenvalue weighted by Crippen LogP contribution is -2.58. The van der Waals surface area contributed by atoms with Crippen molar-refractivity contribution in [1.82, 2.24) is 9.80 Å². The first-order valence-electron chi connectivity index (χ1n) is 8.51. The molecule has 1 aromatic carbocycles. The Labute approximate surface area is 137 Å². The fourth-order valence-electron chi connectivity index (χ4n) is 3.67. The van der Waals surface area contributed by atoms with Crippen molar-refractivity contribution < 1.29 is 9.59 Å². The summed E-state index contributed by atoms with van der Waals surface area (Å²) in [5.41, 5.74) is 1.40. The summed E-state index contributed by atoms with van der Waals surface area (Å²) in [6.07, 6.45) is 3.40. The van der Waals surface area contributed by atoms with Crippen LogP contribution >= 0.6 is 0 Å². The normalized spacial score (nSPS) is 24.3. The number of benzene rings is 1. The zero-order valence-electron chi connectivity index (χ0n) is 13.9. The molecule has 1 aromatic rings. The van der Waals surface area contributed by atoms with Crippen LogP contribution in [-0.2, 0) is 0 Å². The molecule has 2 aliphatic rings. The molecule has 5 heteroatoms. The highest BCUT2D eigenvalue weighted by atomic mass is 16.2. The molecule has 23 heavy (non-hydrogen) atoms. The zero-order valence-corrected chi connectivity index (χ0v) is 13.9. The number of anilines is 1. The monoisotopic (exact) mass is 315 g/mol. The van der Waals surface area contributed by atoms with E-state index < -0.39 is 0 Å².